The van der Waals surface area contributed by atoms with Crippen molar-refractivity contribution >= 4 is 6.08 Å². The van der Waals surface area contributed by atoms with Crippen LogP contribution in [0.3, 0.4) is 0 Å². The van der Waals surface area contributed by atoms with E-state index in [1.54, 1.807) is 19.9 Å². The van der Waals surface area contributed by atoms with E-state index in [1.807, 2.05) is 0 Å². The number of rotatable bonds is 4. The lowest BCUT2D eigenvalue weighted by Gasteiger charge is -2.21. The molecule has 1 saturated carbocycles. The first kappa shape index (κ1) is 13.6. The van der Waals surface area contributed by atoms with Gasteiger partial charge in [-0.25, -0.2) is 9.18 Å². The standard InChI is InChI=1S/C14H16FNO3/c1-8-10(14(5-6-14)16-7-17)12(18-3)9(2)11(15)13(8)19-4/h5-6H2,1-4H3. The van der Waals surface area contributed by atoms with Gasteiger partial charge in [-0.15, -0.1) is 0 Å². The van der Waals surface area contributed by atoms with E-state index in [9.17, 15) is 9.18 Å². The Morgan fingerprint density at radius 1 is 1.16 bits per heavy atom. The molecule has 19 heavy (non-hydrogen) atoms. The molecule has 0 bridgehead atoms. The van der Waals surface area contributed by atoms with Gasteiger partial charge in [0.2, 0.25) is 6.08 Å². The third kappa shape index (κ3) is 1.90. The molecule has 0 atom stereocenters. The minimum absolute atomic E-state index is 0.181. The molecular formula is C14H16FNO3. The second-order valence-corrected chi connectivity index (χ2v) is 4.74. The van der Waals surface area contributed by atoms with E-state index in [0.717, 1.165) is 18.4 Å². The first-order valence-corrected chi connectivity index (χ1v) is 6.02. The van der Waals surface area contributed by atoms with Gasteiger partial charge >= 0.3 is 0 Å². The van der Waals surface area contributed by atoms with Gasteiger partial charge in [0, 0.05) is 16.7 Å². The van der Waals surface area contributed by atoms with E-state index in [4.69, 9.17) is 9.47 Å². The topological polar surface area (TPSA) is 47.9 Å². The molecule has 0 heterocycles. The highest BCUT2D eigenvalue weighted by atomic mass is 19.1. The Morgan fingerprint density at radius 2 is 1.74 bits per heavy atom. The van der Waals surface area contributed by atoms with Crippen molar-refractivity contribution in [1.29, 1.82) is 0 Å². The van der Waals surface area contributed by atoms with Crippen molar-refractivity contribution in [3.63, 3.8) is 0 Å². The van der Waals surface area contributed by atoms with Crippen LogP contribution in [0.4, 0.5) is 4.39 Å². The van der Waals surface area contributed by atoms with Crippen LogP contribution in [-0.4, -0.2) is 20.3 Å². The summed E-state index contributed by atoms with van der Waals surface area (Å²) in [6.07, 6.45) is 3.06. The summed E-state index contributed by atoms with van der Waals surface area (Å²) in [6, 6.07) is 0. The smallest absolute Gasteiger partial charge is 0.235 e. The molecule has 0 saturated heterocycles. The van der Waals surface area contributed by atoms with E-state index < -0.39 is 11.4 Å². The lowest BCUT2D eigenvalue weighted by atomic mass is 9.94. The van der Waals surface area contributed by atoms with Crippen molar-refractivity contribution in [2.45, 2.75) is 32.2 Å². The van der Waals surface area contributed by atoms with Gasteiger partial charge in [-0.05, 0) is 26.7 Å². The fourth-order valence-electron chi connectivity index (χ4n) is 2.59. The third-order valence-electron chi connectivity index (χ3n) is 3.67. The van der Waals surface area contributed by atoms with Gasteiger partial charge in [-0.3, -0.25) is 0 Å². The van der Waals surface area contributed by atoms with Crippen LogP contribution in [0.15, 0.2) is 4.99 Å². The van der Waals surface area contributed by atoms with Crippen molar-refractivity contribution in [2.24, 2.45) is 4.99 Å². The Labute approximate surface area is 111 Å². The summed E-state index contributed by atoms with van der Waals surface area (Å²) >= 11 is 0. The van der Waals surface area contributed by atoms with Gasteiger partial charge < -0.3 is 9.47 Å². The molecule has 5 heteroatoms. The highest BCUT2D eigenvalue weighted by molar-refractivity contribution is 5.59. The lowest BCUT2D eigenvalue weighted by Crippen LogP contribution is -2.12. The molecule has 2 rings (SSSR count). The molecular weight excluding hydrogens is 249 g/mol. The number of isocyanates is 1. The van der Waals surface area contributed by atoms with Crippen LogP contribution < -0.4 is 9.47 Å². The SMILES string of the molecule is COc1c(C)c(C2(N=C=O)CC2)c(OC)c(C)c1F. The van der Waals surface area contributed by atoms with Crippen LogP contribution in [-0.2, 0) is 10.3 Å². The molecule has 0 amide bonds. The number of carbonyl (C=O) groups excluding carboxylic acids is 1. The zero-order chi connectivity index (χ0) is 14.2. The fraction of sp³-hybridized carbons (Fsp3) is 0.500. The Bertz CT molecular complexity index is 573. The summed E-state index contributed by atoms with van der Waals surface area (Å²) in [6.45, 7) is 3.37. The van der Waals surface area contributed by atoms with Gasteiger partial charge in [0.1, 0.15) is 11.3 Å². The van der Waals surface area contributed by atoms with E-state index in [2.05, 4.69) is 4.99 Å². The van der Waals surface area contributed by atoms with Crippen molar-refractivity contribution in [1.82, 2.24) is 0 Å². The van der Waals surface area contributed by atoms with Gasteiger partial charge in [-0.2, -0.15) is 4.99 Å². The van der Waals surface area contributed by atoms with E-state index >= 15 is 0 Å². The van der Waals surface area contributed by atoms with E-state index in [1.165, 1.54) is 14.2 Å². The van der Waals surface area contributed by atoms with E-state index in [-0.39, 0.29) is 5.75 Å². The number of methoxy groups -OCH3 is 2. The van der Waals surface area contributed by atoms with Gasteiger partial charge in [0.05, 0.1) is 14.2 Å². The maximum Gasteiger partial charge on any atom is 0.235 e. The van der Waals surface area contributed by atoms with Gasteiger partial charge in [0.15, 0.2) is 11.6 Å². The van der Waals surface area contributed by atoms with E-state index in [0.29, 0.717) is 16.9 Å². The predicted octanol–water partition coefficient (Wildman–Crippen LogP) is 2.78. The quantitative estimate of drug-likeness (QED) is 0.621. The van der Waals surface area contributed by atoms with Crippen molar-refractivity contribution in [3.05, 3.63) is 22.5 Å². The molecule has 1 aliphatic rings. The molecule has 0 unspecified atom stereocenters. The first-order chi connectivity index (χ1) is 9.02. The summed E-state index contributed by atoms with van der Waals surface area (Å²) < 4.78 is 24.6. The number of benzene rings is 1. The Kier molecular flexibility index (Phi) is 3.33. The average molecular weight is 265 g/mol. The summed E-state index contributed by atoms with van der Waals surface area (Å²) in [5, 5.41) is 0. The summed E-state index contributed by atoms with van der Waals surface area (Å²) in [4.78, 5) is 14.5. The molecule has 1 fully saturated rings. The average Bonchev–Trinajstić information content (AvgIpc) is 3.15. The maximum atomic E-state index is 14.2. The predicted molar refractivity (Wildman–Crippen MR) is 68.0 cm³/mol. The molecule has 1 aromatic rings. The number of nitrogens with zero attached hydrogens (tertiary/aromatic N) is 1. The zero-order valence-electron chi connectivity index (χ0n) is 11.5. The highest BCUT2D eigenvalue weighted by Crippen LogP contribution is 2.56. The fourth-order valence-corrected chi connectivity index (χ4v) is 2.59. The van der Waals surface area contributed by atoms with Crippen LogP contribution in [0.2, 0.25) is 0 Å². The number of hydrogen-bond acceptors (Lipinski definition) is 4. The van der Waals surface area contributed by atoms with Crippen LogP contribution in [0.25, 0.3) is 0 Å². The number of aliphatic imine (C=N–C) groups is 1. The second-order valence-electron chi connectivity index (χ2n) is 4.74. The zero-order valence-corrected chi connectivity index (χ0v) is 11.5. The van der Waals surface area contributed by atoms with Gasteiger partial charge in [0.25, 0.3) is 0 Å². The van der Waals surface area contributed by atoms with Crippen molar-refractivity contribution in [2.75, 3.05) is 14.2 Å². The molecule has 1 aliphatic carbocycles. The number of ether oxygens (including phenoxy) is 2. The molecule has 4 nitrogen and oxygen atoms in total. The monoisotopic (exact) mass is 265 g/mol. The van der Waals surface area contributed by atoms with Crippen LogP contribution >= 0.6 is 0 Å². The highest BCUT2D eigenvalue weighted by Gasteiger charge is 2.49. The van der Waals surface area contributed by atoms with Crippen molar-refractivity contribution < 1.29 is 18.7 Å². The van der Waals surface area contributed by atoms with Gasteiger partial charge in [-0.1, -0.05) is 0 Å². The molecule has 102 valence electrons. The summed E-state index contributed by atoms with van der Waals surface area (Å²) in [7, 11) is 2.90. The molecule has 0 spiro atoms. The maximum absolute atomic E-state index is 14.2. The minimum Gasteiger partial charge on any atom is -0.496 e. The molecule has 1 aromatic carbocycles. The molecule has 0 aliphatic heterocycles. The Hall–Kier alpha value is -1.87. The largest absolute Gasteiger partial charge is 0.496 e. The lowest BCUT2D eigenvalue weighted by molar-refractivity contribution is 0.364. The Balaban J connectivity index is 2.79. The summed E-state index contributed by atoms with van der Waals surface area (Å²) in [5.74, 6) is 0.180. The molecule has 0 radical (unpaired) electrons. The third-order valence-corrected chi connectivity index (χ3v) is 3.67. The van der Waals surface area contributed by atoms with Crippen LogP contribution in [0, 0.1) is 19.7 Å². The Morgan fingerprint density at radius 3 is 2.16 bits per heavy atom. The second kappa shape index (κ2) is 4.67. The number of halogens is 1. The van der Waals surface area contributed by atoms with Crippen molar-refractivity contribution in [3.8, 4) is 11.5 Å². The molecule has 0 aromatic heterocycles. The minimum atomic E-state index is -0.622. The first-order valence-electron chi connectivity index (χ1n) is 6.02. The van der Waals surface area contributed by atoms with Crippen LogP contribution in [0.1, 0.15) is 29.5 Å². The summed E-state index contributed by atoms with van der Waals surface area (Å²) in [5.41, 5.74) is 1.10. The molecule has 0 N–H and O–H groups in total. The van der Waals surface area contributed by atoms with Crippen LogP contribution in [0.5, 0.6) is 11.5 Å². The normalized spacial score (nSPS) is 15.6. The number of hydrogen-bond donors (Lipinski definition) is 0.